The van der Waals surface area contributed by atoms with Crippen molar-refractivity contribution in [2.75, 3.05) is 10.5 Å². The molecule has 0 fully saturated rings. The second-order valence-corrected chi connectivity index (χ2v) is 5.51. The van der Waals surface area contributed by atoms with Crippen molar-refractivity contribution >= 4 is 21.9 Å². The third kappa shape index (κ3) is 3.58. The maximum absolute atomic E-state index is 11.5. The van der Waals surface area contributed by atoms with Gasteiger partial charge in [0.1, 0.15) is 0 Å². The van der Waals surface area contributed by atoms with E-state index in [1.54, 1.807) is 13.8 Å². The summed E-state index contributed by atoms with van der Waals surface area (Å²) in [6, 6.07) is 2.46. The summed E-state index contributed by atoms with van der Waals surface area (Å²) in [4.78, 5) is 10.5. The van der Waals surface area contributed by atoms with Gasteiger partial charge in [-0.05, 0) is 12.0 Å². The Kier molecular flexibility index (Phi) is 3.58. The van der Waals surface area contributed by atoms with Crippen LogP contribution < -0.4 is 4.72 Å². The molecule has 1 aromatic heterocycles. The molecule has 90 valence electrons. The number of anilines is 1. The summed E-state index contributed by atoms with van der Waals surface area (Å²) in [5.41, 5.74) is 0. The smallest absolute Gasteiger partial charge is 0.371 e. The molecule has 0 saturated heterocycles. The molecule has 0 spiro atoms. The van der Waals surface area contributed by atoms with E-state index in [1.165, 1.54) is 12.1 Å². The summed E-state index contributed by atoms with van der Waals surface area (Å²) in [6.45, 7) is 3.54. The van der Waals surface area contributed by atoms with Gasteiger partial charge in [-0.15, -0.1) is 0 Å². The van der Waals surface area contributed by atoms with E-state index in [1.807, 2.05) is 0 Å². The Morgan fingerprint density at radius 1 is 1.50 bits per heavy atom. The normalized spacial score (nSPS) is 11.7. The van der Waals surface area contributed by atoms with E-state index in [2.05, 4.69) is 4.72 Å². The molecule has 1 rings (SSSR count). The van der Waals surface area contributed by atoms with Gasteiger partial charge in [-0.2, -0.15) is 0 Å². The van der Waals surface area contributed by atoms with Gasteiger partial charge in [0.25, 0.3) is 0 Å². The second kappa shape index (κ2) is 4.56. The molecule has 0 aromatic carbocycles. The van der Waals surface area contributed by atoms with E-state index in [0.717, 1.165) is 0 Å². The Hall–Kier alpha value is -1.50. The average molecular weight is 247 g/mol. The van der Waals surface area contributed by atoms with Crippen molar-refractivity contribution in [3.05, 3.63) is 17.9 Å². The molecule has 0 amide bonds. The van der Waals surface area contributed by atoms with E-state index in [0.29, 0.717) is 0 Å². The first-order chi connectivity index (χ1) is 7.30. The van der Waals surface area contributed by atoms with Crippen LogP contribution in [-0.4, -0.2) is 25.2 Å². The Morgan fingerprint density at radius 2 is 2.12 bits per heavy atom. The molecule has 0 bridgehead atoms. The summed E-state index contributed by atoms with van der Waals surface area (Å²) < 4.78 is 29.9. The molecule has 1 heterocycles. The zero-order valence-corrected chi connectivity index (χ0v) is 9.74. The summed E-state index contributed by atoms with van der Waals surface area (Å²) in [5.74, 6) is -1.70. The fourth-order valence-electron chi connectivity index (χ4n) is 1.14. The van der Waals surface area contributed by atoms with Gasteiger partial charge >= 0.3 is 5.97 Å². The third-order valence-electron chi connectivity index (χ3n) is 1.63. The number of carbonyl (C=O) groups is 1. The monoisotopic (exact) mass is 247 g/mol. The predicted octanol–water partition coefficient (Wildman–Crippen LogP) is 1.38. The van der Waals surface area contributed by atoms with Crippen LogP contribution in [0, 0.1) is 5.92 Å². The van der Waals surface area contributed by atoms with Crippen LogP contribution in [0.1, 0.15) is 24.4 Å². The Labute approximate surface area is 93.3 Å². The molecular formula is C9H13NO5S. The molecule has 0 aliphatic heterocycles. The summed E-state index contributed by atoms with van der Waals surface area (Å²) >= 11 is 0. The van der Waals surface area contributed by atoms with Crippen molar-refractivity contribution < 1.29 is 22.7 Å². The molecule has 16 heavy (non-hydrogen) atoms. The minimum atomic E-state index is -3.48. The lowest BCUT2D eigenvalue weighted by molar-refractivity contribution is 0.0663. The Morgan fingerprint density at radius 3 is 2.56 bits per heavy atom. The zero-order chi connectivity index (χ0) is 12.3. The highest BCUT2D eigenvalue weighted by Crippen LogP contribution is 2.15. The maximum atomic E-state index is 11.5. The fraction of sp³-hybridized carbons (Fsp3) is 0.444. The van der Waals surface area contributed by atoms with Gasteiger partial charge in [0.05, 0.1) is 5.75 Å². The molecule has 1 aromatic rings. The van der Waals surface area contributed by atoms with Crippen molar-refractivity contribution in [2.45, 2.75) is 13.8 Å². The predicted molar refractivity (Wildman–Crippen MR) is 57.9 cm³/mol. The highest BCUT2D eigenvalue weighted by Gasteiger charge is 2.16. The van der Waals surface area contributed by atoms with Crippen LogP contribution in [0.4, 0.5) is 5.88 Å². The molecule has 7 heteroatoms. The number of furan rings is 1. The standard InChI is InChI=1S/C9H13NO5S/c1-6(2)5-16(13,14)10-8-4-3-7(15-8)9(11)12/h3-4,6,10H,5H2,1-2H3,(H,11,12). The van der Waals surface area contributed by atoms with Gasteiger partial charge in [-0.25, -0.2) is 13.2 Å². The van der Waals surface area contributed by atoms with Crippen LogP contribution >= 0.6 is 0 Å². The van der Waals surface area contributed by atoms with Crippen molar-refractivity contribution in [1.29, 1.82) is 0 Å². The Balaban J connectivity index is 2.77. The van der Waals surface area contributed by atoms with Crippen molar-refractivity contribution in [2.24, 2.45) is 5.92 Å². The number of sulfonamides is 1. The number of carboxylic acids is 1. The number of hydrogen-bond donors (Lipinski definition) is 2. The minimum Gasteiger partial charge on any atom is -0.475 e. The number of rotatable bonds is 5. The number of aromatic carboxylic acids is 1. The van der Waals surface area contributed by atoms with Crippen LogP contribution in [0.15, 0.2) is 16.5 Å². The van der Waals surface area contributed by atoms with Crippen LogP contribution in [0.2, 0.25) is 0 Å². The first-order valence-corrected chi connectivity index (χ1v) is 6.29. The lowest BCUT2D eigenvalue weighted by Gasteiger charge is -2.06. The van der Waals surface area contributed by atoms with Crippen molar-refractivity contribution in [3.8, 4) is 0 Å². The maximum Gasteiger partial charge on any atom is 0.371 e. The lowest BCUT2D eigenvalue weighted by Crippen LogP contribution is -2.19. The van der Waals surface area contributed by atoms with E-state index >= 15 is 0 Å². The van der Waals surface area contributed by atoms with Crippen LogP contribution in [0.3, 0.4) is 0 Å². The molecule has 0 aliphatic carbocycles. The number of carboxylic acid groups (broad SMARTS) is 1. The van der Waals surface area contributed by atoms with Crippen LogP contribution in [-0.2, 0) is 10.0 Å². The molecule has 0 radical (unpaired) electrons. The van der Waals surface area contributed by atoms with Crippen LogP contribution in [0.25, 0.3) is 0 Å². The first-order valence-electron chi connectivity index (χ1n) is 4.64. The minimum absolute atomic E-state index is 0.0218. The van der Waals surface area contributed by atoms with Gasteiger partial charge in [-0.3, -0.25) is 4.72 Å². The fourth-order valence-corrected chi connectivity index (χ4v) is 2.52. The number of hydrogen-bond acceptors (Lipinski definition) is 4. The number of nitrogens with one attached hydrogen (secondary N) is 1. The quantitative estimate of drug-likeness (QED) is 0.819. The van der Waals surface area contributed by atoms with Gasteiger partial charge in [-0.1, -0.05) is 13.8 Å². The summed E-state index contributed by atoms with van der Waals surface area (Å²) in [6.07, 6.45) is 0. The van der Waals surface area contributed by atoms with E-state index in [9.17, 15) is 13.2 Å². The van der Waals surface area contributed by atoms with E-state index < -0.39 is 16.0 Å². The van der Waals surface area contributed by atoms with Gasteiger partial charge in [0.15, 0.2) is 0 Å². The van der Waals surface area contributed by atoms with Crippen LogP contribution in [0.5, 0.6) is 0 Å². The summed E-state index contributed by atoms with van der Waals surface area (Å²) in [7, 11) is -3.48. The summed E-state index contributed by atoms with van der Waals surface area (Å²) in [5, 5.41) is 8.57. The van der Waals surface area contributed by atoms with Crippen molar-refractivity contribution in [3.63, 3.8) is 0 Å². The highest BCUT2D eigenvalue weighted by atomic mass is 32.2. The Bertz CT molecular complexity index is 474. The molecule has 0 atom stereocenters. The highest BCUT2D eigenvalue weighted by molar-refractivity contribution is 7.92. The zero-order valence-electron chi connectivity index (χ0n) is 8.93. The van der Waals surface area contributed by atoms with Gasteiger partial charge < -0.3 is 9.52 Å². The van der Waals surface area contributed by atoms with E-state index in [4.69, 9.17) is 9.52 Å². The molecule has 0 aliphatic rings. The van der Waals surface area contributed by atoms with E-state index in [-0.39, 0.29) is 23.3 Å². The molecule has 6 nitrogen and oxygen atoms in total. The topological polar surface area (TPSA) is 96.6 Å². The molecule has 0 unspecified atom stereocenters. The average Bonchev–Trinajstić information content (AvgIpc) is 2.48. The van der Waals surface area contributed by atoms with Gasteiger partial charge in [0.2, 0.25) is 21.7 Å². The molecule has 2 N–H and O–H groups in total. The second-order valence-electron chi connectivity index (χ2n) is 3.75. The van der Waals surface area contributed by atoms with Crippen molar-refractivity contribution in [1.82, 2.24) is 0 Å². The molecular weight excluding hydrogens is 234 g/mol. The third-order valence-corrected chi connectivity index (χ3v) is 3.24. The van der Waals surface area contributed by atoms with Gasteiger partial charge in [0, 0.05) is 6.07 Å². The first kappa shape index (κ1) is 12.6. The lowest BCUT2D eigenvalue weighted by atomic mass is 10.3. The molecule has 0 saturated carbocycles. The largest absolute Gasteiger partial charge is 0.475 e. The SMILES string of the molecule is CC(C)CS(=O)(=O)Nc1ccc(C(=O)O)o1.